The van der Waals surface area contributed by atoms with Crippen LogP contribution in [0.15, 0.2) is 0 Å². The van der Waals surface area contributed by atoms with Crippen molar-refractivity contribution in [2.75, 3.05) is 0 Å². The number of carbonyl (C=O) groups is 4. The third kappa shape index (κ3) is 4.85. The third-order valence-corrected chi connectivity index (χ3v) is 11.2. The van der Waals surface area contributed by atoms with E-state index in [2.05, 4.69) is 16.0 Å². The van der Waals surface area contributed by atoms with E-state index in [1.165, 1.54) is 38.5 Å². The van der Waals surface area contributed by atoms with Crippen molar-refractivity contribution in [2.45, 2.75) is 115 Å². The number of hydrogen-bond donors (Lipinski definition) is 4. The molecule has 0 radical (unpaired) electrons. The Bertz CT molecular complexity index is 935. The Hall–Kier alpha value is -2.12. The molecule has 0 unspecified atom stereocenters. The smallest absolute Gasteiger partial charge is 0.305 e. The maximum absolute atomic E-state index is 13.6. The van der Waals surface area contributed by atoms with Crippen molar-refractivity contribution in [3.8, 4) is 0 Å². The van der Waals surface area contributed by atoms with E-state index < -0.39 is 35.8 Å². The van der Waals surface area contributed by atoms with E-state index in [9.17, 15) is 24.3 Å². The zero-order valence-corrected chi connectivity index (χ0v) is 23.0. The molecule has 8 heteroatoms. The fourth-order valence-corrected chi connectivity index (χ4v) is 10.5. The van der Waals surface area contributed by atoms with E-state index in [4.69, 9.17) is 0 Å². The molecule has 2 atom stereocenters. The minimum absolute atomic E-state index is 0.169. The SMILES string of the molecule is CC(C)[C@H](NC(=O)[C@H](CC(=O)O)NC(=O)C12CC3CC(CC(C3)C1)C2)C(=O)NC12CC3CC(CC(C3)C1)C2. The molecule has 38 heavy (non-hydrogen) atoms. The summed E-state index contributed by atoms with van der Waals surface area (Å²) in [5.41, 5.74) is -0.643. The Kier molecular flexibility index (Phi) is 6.54. The second kappa shape index (κ2) is 9.51. The molecule has 8 nitrogen and oxygen atoms in total. The van der Waals surface area contributed by atoms with Gasteiger partial charge < -0.3 is 21.1 Å². The summed E-state index contributed by atoms with van der Waals surface area (Å²) >= 11 is 0. The number of nitrogens with one attached hydrogen (secondary N) is 3. The third-order valence-electron chi connectivity index (χ3n) is 11.2. The normalized spacial score (nSPS) is 41.6. The largest absolute Gasteiger partial charge is 0.481 e. The van der Waals surface area contributed by atoms with Gasteiger partial charge in [-0.05, 0) is 118 Å². The van der Waals surface area contributed by atoms with Gasteiger partial charge in [-0.1, -0.05) is 13.8 Å². The molecule has 0 heterocycles. The summed E-state index contributed by atoms with van der Waals surface area (Å²) in [5, 5.41) is 18.6. The van der Waals surface area contributed by atoms with Crippen LogP contribution in [0.2, 0.25) is 0 Å². The second-order valence-corrected chi connectivity index (χ2v) is 14.7. The minimum atomic E-state index is -1.19. The number of hydrogen-bond acceptors (Lipinski definition) is 4. The van der Waals surface area contributed by atoms with Crippen LogP contribution in [-0.4, -0.2) is 46.4 Å². The van der Waals surface area contributed by atoms with Crippen molar-refractivity contribution in [2.24, 2.45) is 46.8 Å². The highest BCUT2D eigenvalue weighted by molar-refractivity contribution is 5.95. The Morgan fingerprint density at radius 3 is 1.58 bits per heavy atom. The van der Waals surface area contributed by atoms with Crippen LogP contribution < -0.4 is 16.0 Å². The zero-order chi connectivity index (χ0) is 26.8. The molecule has 0 saturated heterocycles. The first-order valence-corrected chi connectivity index (χ1v) is 15.2. The molecule has 8 fully saturated rings. The standard InChI is InChI=1S/C30H45N3O5/c1-16(2)25(27(37)33-30-13-20-6-21(14-30)8-22(7-20)15-30)32-26(36)23(9-24(34)35)31-28(38)29-10-17-3-18(11-29)5-19(4-17)12-29/h16-23,25H,3-15H2,1-2H3,(H,31,38)(H,32,36)(H,33,37)(H,34,35)/t17?,18?,19?,20?,21?,22?,23-,25-,29?,30?/m0/s1. The highest BCUT2D eigenvalue weighted by Gasteiger charge is 2.55. The summed E-state index contributed by atoms with van der Waals surface area (Å²) in [6.45, 7) is 3.79. The monoisotopic (exact) mass is 527 g/mol. The van der Waals surface area contributed by atoms with E-state index in [1.54, 1.807) is 0 Å². The Morgan fingerprint density at radius 2 is 1.16 bits per heavy atom. The first-order valence-electron chi connectivity index (χ1n) is 15.2. The van der Waals surface area contributed by atoms with Gasteiger partial charge in [-0.25, -0.2) is 0 Å². The summed E-state index contributed by atoms with van der Waals surface area (Å²) in [6.07, 6.45) is 12.5. The molecular formula is C30H45N3O5. The van der Waals surface area contributed by atoms with Crippen molar-refractivity contribution >= 4 is 23.7 Å². The molecule has 0 aromatic heterocycles. The zero-order valence-electron chi connectivity index (χ0n) is 23.0. The average Bonchev–Trinajstić information content (AvgIpc) is 2.79. The lowest BCUT2D eigenvalue weighted by atomic mass is 9.49. The van der Waals surface area contributed by atoms with Crippen LogP contribution in [0.5, 0.6) is 0 Å². The fraction of sp³-hybridized carbons (Fsp3) is 0.867. The van der Waals surface area contributed by atoms with E-state index in [1.807, 2.05) is 13.8 Å². The van der Waals surface area contributed by atoms with Gasteiger partial charge in [-0.15, -0.1) is 0 Å². The van der Waals surface area contributed by atoms with E-state index in [0.717, 1.165) is 38.5 Å². The van der Waals surface area contributed by atoms with Crippen LogP contribution in [-0.2, 0) is 19.2 Å². The number of aliphatic carboxylic acids is 1. The maximum Gasteiger partial charge on any atom is 0.305 e. The predicted molar refractivity (Wildman–Crippen MR) is 141 cm³/mol. The van der Waals surface area contributed by atoms with E-state index in [0.29, 0.717) is 35.5 Å². The first kappa shape index (κ1) is 26.1. The van der Waals surface area contributed by atoms with Crippen LogP contribution in [0, 0.1) is 46.8 Å². The number of carboxylic acids is 1. The lowest BCUT2D eigenvalue weighted by molar-refractivity contribution is -0.150. The van der Waals surface area contributed by atoms with Crippen LogP contribution in [0.1, 0.15) is 97.3 Å². The molecule has 0 aromatic rings. The fourth-order valence-electron chi connectivity index (χ4n) is 10.5. The van der Waals surface area contributed by atoms with Gasteiger partial charge in [0, 0.05) is 11.0 Å². The quantitative estimate of drug-likeness (QED) is 0.366. The molecule has 8 aliphatic rings. The summed E-state index contributed by atoms with van der Waals surface area (Å²) in [7, 11) is 0. The van der Waals surface area contributed by atoms with Gasteiger partial charge in [0.2, 0.25) is 17.7 Å². The van der Waals surface area contributed by atoms with Gasteiger partial charge in [-0.3, -0.25) is 19.2 Å². The average molecular weight is 528 g/mol. The van der Waals surface area contributed by atoms with Crippen LogP contribution >= 0.6 is 0 Å². The predicted octanol–water partition coefficient (Wildman–Crippen LogP) is 3.39. The summed E-state index contributed by atoms with van der Waals surface area (Å²) in [5.74, 6) is 1.52. The molecule has 0 aliphatic heterocycles. The van der Waals surface area contributed by atoms with Crippen molar-refractivity contribution in [3.63, 3.8) is 0 Å². The number of amides is 3. The molecule has 4 N–H and O–H groups in total. The van der Waals surface area contributed by atoms with Gasteiger partial charge >= 0.3 is 5.97 Å². The second-order valence-electron chi connectivity index (χ2n) is 14.7. The lowest BCUT2D eigenvalue weighted by Crippen LogP contribution is -2.64. The lowest BCUT2D eigenvalue weighted by Gasteiger charge is -2.57. The molecular weight excluding hydrogens is 482 g/mol. The topological polar surface area (TPSA) is 125 Å². The molecule has 8 aliphatic carbocycles. The van der Waals surface area contributed by atoms with Crippen molar-refractivity contribution in [1.82, 2.24) is 16.0 Å². The number of carbonyl (C=O) groups excluding carboxylic acids is 3. The first-order chi connectivity index (χ1) is 18.0. The van der Waals surface area contributed by atoms with Gasteiger partial charge in [0.1, 0.15) is 12.1 Å². The van der Waals surface area contributed by atoms with Crippen molar-refractivity contribution in [1.29, 1.82) is 0 Å². The van der Waals surface area contributed by atoms with Gasteiger partial charge in [0.25, 0.3) is 0 Å². The highest BCUT2D eigenvalue weighted by Crippen LogP contribution is 2.60. The van der Waals surface area contributed by atoms with Crippen molar-refractivity contribution < 1.29 is 24.3 Å². The van der Waals surface area contributed by atoms with Gasteiger partial charge in [0.05, 0.1) is 6.42 Å². The molecule has 8 saturated carbocycles. The van der Waals surface area contributed by atoms with Crippen molar-refractivity contribution in [3.05, 3.63) is 0 Å². The Balaban J connectivity index is 1.13. The molecule has 0 aromatic carbocycles. The van der Waals surface area contributed by atoms with Gasteiger partial charge in [0.15, 0.2) is 0 Å². The minimum Gasteiger partial charge on any atom is -0.481 e. The van der Waals surface area contributed by atoms with Crippen LogP contribution in [0.3, 0.4) is 0 Å². The highest BCUT2D eigenvalue weighted by atomic mass is 16.4. The summed E-state index contributed by atoms with van der Waals surface area (Å²) in [6, 6.07) is -1.97. The Labute approximate surface area is 225 Å². The molecule has 8 rings (SSSR count). The maximum atomic E-state index is 13.6. The Morgan fingerprint density at radius 1 is 0.711 bits per heavy atom. The van der Waals surface area contributed by atoms with Gasteiger partial charge in [-0.2, -0.15) is 0 Å². The summed E-state index contributed by atoms with van der Waals surface area (Å²) in [4.78, 5) is 52.3. The molecule has 0 spiro atoms. The van der Waals surface area contributed by atoms with Crippen LogP contribution in [0.4, 0.5) is 0 Å². The molecule has 210 valence electrons. The molecule has 3 amide bonds. The van der Waals surface area contributed by atoms with E-state index >= 15 is 0 Å². The summed E-state index contributed by atoms with van der Waals surface area (Å²) < 4.78 is 0. The number of carboxylic acid groups (broad SMARTS) is 1. The molecule has 8 bridgehead atoms. The van der Waals surface area contributed by atoms with Crippen LogP contribution in [0.25, 0.3) is 0 Å². The van der Waals surface area contributed by atoms with E-state index in [-0.39, 0.29) is 23.3 Å². The number of rotatable bonds is 9.